The van der Waals surface area contributed by atoms with Crippen LogP contribution in [-0.4, -0.2) is 32.3 Å². The number of hydrogen-bond donors (Lipinski definition) is 2. The summed E-state index contributed by atoms with van der Waals surface area (Å²) in [5.41, 5.74) is 7.20. The fourth-order valence-electron chi connectivity index (χ4n) is 4.36. The lowest BCUT2D eigenvalue weighted by molar-refractivity contribution is -0.137. The van der Waals surface area contributed by atoms with E-state index in [1.165, 1.54) is 11.2 Å². The third kappa shape index (κ3) is 4.20. The van der Waals surface area contributed by atoms with E-state index in [9.17, 15) is 22.4 Å². The quantitative estimate of drug-likeness (QED) is 0.312. The maximum Gasteiger partial charge on any atom is 0.416 e. The Morgan fingerprint density at radius 3 is 2.65 bits per heavy atom. The molecule has 3 heterocycles. The van der Waals surface area contributed by atoms with Crippen molar-refractivity contribution < 1.29 is 22.4 Å². The molecule has 3 N–H and O–H groups in total. The molecule has 0 saturated heterocycles. The molecule has 2 aromatic carbocycles. The zero-order valence-corrected chi connectivity index (χ0v) is 20.3. The van der Waals surface area contributed by atoms with Crippen LogP contribution in [0.2, 0.25) is 5.02 Å². The summed E-state index contributed by atoms with van der Waals surface area (Å²) in [6.45, 7) is 4.09. The molecule has 0 unspecified atom stereocenters. The Bertz CT molecular complexity index is 1550. The van der Waals surface area contributed by atoms with Crippen LogP contribution in [-0.2, 0) is 12.6 Å². The summed E-state index contributed by atoms with van der Waals surface area (Å²) in [6.07, 6.45) is -2.95. The number of nitrogens with two attached hydrogens (primary N) is 1. The highest BCUT2D eigenvalue weighted by Gasteiger charge is 2.33. The van der Waals surface area contributed by atoms with E-state index in [2.05, 4.69) is 20.4 Å². The number of nitrogens with one attached hydrogen (secondary N) is 1. The number of fused-ring (bicyclic) bond motifs is 2. The number of hydrogen-bond acceptors (Lipinski definition) is 5. The van der Waals surface area contributed by atoms with Gasteiger partial charge in [-0.25, -0.2) is 23.8 Å². The van der Waals surface area contributed by atoms with Gasteiger partial charge in [0.05, 0.1) is 27.3 Å². The largest absolute Gasteiger partial charge is 0.416 e. The SMILES string of the molecule is CC(C)n1nc(-c2ccc3c(c2Cl)CCN3C(=O)Nc2cc(C(F)(F)F)ccc2F)c2c(N)ncnc21. The maximum absolute atomic E-state index is 14.2. The molecule has 37 heavy (non-hydrogen) atoms. The van der Waals surface area contributed by atoms with Gasteiger partial charge in [-0.3, -0.25) is 4.90 Å². The van der Waals surface area contributed by atoms with Crippen LogP contribution >= 0.6 is 11.6 Å². The first-order valence-corrected chi connectivity index (χ1v) is 11.6. The van der Waals surface area contributed by atoms with Crippen molar-refractivity contribution in [2.45, 2.75) is 32.5 Å². The second-order valence-corrected chi connectivity index (χ2v) is 9.17. The van der Waals surface area contributed by atoms with Crippen molar-refractivity contribution in [3.8, 4) is 11.3 Å². The van der Waals surface area contributed by atoms with Crippen molar-refractivity contribution in [3.63, 3.8) is 0 Å². The molecule has 1 aliphatic heterocycles. The normalized spacial score (nSPS) is 13.5. The Labute approximate surface area is 213 Å². The fourth-order valence-corrected chi connectivity index (χ4v) is 4.71. The van der Waals surface area contributed by atoms with E-state index in [4.69, 9.17) is 17.3 Å². The van der Waals surface area contributed by atoms with Gasteiger partial charge < -0.3 is 11.1 Å². The Kier molecular flexibility index (Phi) is 5.94. The average molecular weight is 534 g/mol. The fraction of sp³-hybridized carbons (Fsp3) is 0.250. The van der Waals surface area contributed by atoms with E-state index < -0.39 is 29.3 Å². The Morgan fingerprint density at radius 2 is 1.95 bits per heavy atom. The molecule has 192 valence electrons. The summed E-state index contributed by atoms with van der Waals surface area (Å²) in [5.74, 6) is -0.742. The van der Waals surface area contributed by atoms with Gasteiger partial charge in [0.1, 0.15) is 23.7 Å². The van der Waals surface area contributed by atoms with Crippen LogP contribution in [0.15, 0.2) is 36.7 Å². The molecule has 0 atom stereocenters. The highest BCUT2D eigenvalue weighted by Crippen LogP contribution is 2.42. The summed E-state index contributed by atoms with van der Waals surface area (Å²) in [7, 11) is 0. The first-order valence-electron chi connectivity index (χ1n) is 11.2. The Balaban J connectivity index is 1.50. The number of rotatable bonds is 3. The summed E-state index contributed by atoms with van der Waals surface area (Å²) in [6, 6.07) is 4.36. The van der Waals surface area contributed by atoms with E-state index in [1.54, 1.807) is 16.8 Å². The number of nitrogen functional groups attached to an aromatic ring is 1. The highest BCUT2D eigenvalue weighted by atomic mass is 35.5. The van der Waals surface area contributed by atoms with E-state index in [1.807, 2.05) is 13.8 Å². The molecule has 0 bridgehead atoms. The zero-order chi connectivity index (χ0) is 26.6. The Hall–Kier alpha value is -3.93. The molecule has 2 amide bonds. The van der Waals surface area contributed by atoms with E-state index >= 15 is 0 Å². The first kappa shape index (κ1) is 24.8. The molecule has 0 fully saturated rings. The average Bonchev–Trinajstić information content (AvgIpc) is 3.43. The molecule has 0 radical (unpaired) electrons. The van der Waals surface area contributed by atoms with E-state index in [-0.39, 0.29) is 18.4 Å². The van der Waals surface area contributed by atoms with Gasteiger partial charge in [0, 0.05) is 18.2 Å². The molecule has 0 aliphatic carbocycles. The minimum Gasteiger partial charge on any atom is -0.383 e. The number of aromatic nitrogens is 4. The zero-order valence-electron chi connectivity index (χ0n) is 19.6. The van der Waals surface area contributed by atoms with Crippen LogP contribution in [0.5, 0.6) is 0 Å². The third-order valence-corrected chi connectivity index (χ3v) is 6.57. The summed E-state index contributed by atoms with van der Waals surface area (Å²) >= 11 is 6.78. The molecule has 0 saturated carbocycles. The monoisotopic (exact) mass is 533 g/mol. The first-order chi connectivity index (χ1) is 17.5. The smallest absolute Gasteiger partial charge is 0.383 e. The molecule has 5 rings (SSSR count). The number of anilines is 3. The van der Waals surface area contributed by atoms with Crippen LogP contribution < -0.4 is 16.0 Å². The molecule has 4 aromatic rings. The molecule has 8 nitrogen and oxygen atoms in total. The van der Waals surface area contributed by atoms with Crippen LogP contribution in [0.3, 0.4) is 0 Å². The lowest BCUT2D eigenvalue weighted by Crippen LogP contribution is -2.33. The van der Waals surface area contributed by atoms with Gasteiger partial charge >= 0.3 is 12.2 Å². The number of carbonyl (C=O) groups is 1. The van der Waals surface area contributed by atoms with Gasteiger partial charge in [-0.15, -0.1) is 0 Å². The van der Waals surface area contributed by atoms with Gasteiger partial charge in [-0.05, 0) is 56.2 Å². The van der Waals surface area contributed by atoms with Crippen molar-refractivity contribution in [1.82, 2.24) is 19.7 Å². The number of halogens is 5. The molecule has 13 heteroatoms. The summed E-state index contributed by atoms with van der Waals surface area (Å²) in [5, 5.41) is 7.81. The van der Waals surface area contributed by atoms with Crippen molar-refractivity contribution in [3.05, 3.63) is 58.6 Å². The predicted octanol–water partition coefficient (Wildman–Crippen LogP) is 6.06. The Morgan fingerprint density at radius 1 is 1.19 bits per heavy atom. The summed E-state index contributed by atoms with van der Waals surface area (Å²) in [4.78, 5) is 22.6. The van der Waals surface area contributed by atoms with Gasteiger partial charge in [0.25, 0.3) is 0 Å². The molecule has 2 aromatic heterocycles. The lowest BCUT2D eigenvalue weighted by Gasteiger charge is -2.19. The van der Waals surface area contributed by atoms with Crippen LogP contribution in [0, 0.1) is 5.82 Å². The van der Waals surface area contributed by atoms with Crippen molar-refractivity contribution in [2.75, 3.05) is 22.5 Å². The topological polar surface area (TPSA) is 102 Å². The van der Waals surface area contributed by atoms with Crippen LogP contribution in [0.25, 0.3) is 22.3 Å². The predicted molar refractivity (Wildman–Crippen MR) is 132 cm³/mol. The summed E-state index contributed by atoms with van der Waals surface area (Å²) < 4.78 is 55.0. The second-order valence-electron chi connectivity index (χ2n) is 8.79. The highest BCUT2D eigenvalue weighted by molar-refractivity contribution is 6.35. The number of alkyl halides is 3. The van der Waals surface area contributed by atoms with Gasteiger partial charge in [0.2, 0.25) is 0 Å². The number of urea groups is 1. The standard InChI is InChI=1S/C24H20ClF4N7O/c1-11(2)36-22-18(21(30)31-10-32-22)20(34-36)14-4-6-17-13(19(14)25)7-8-35(17)23(37)33-16-9-12(24(27,28)29)3-5-15(16)26/h3-6,9-11H,7-8H2,1-2H3,(H,33,37)(H2,30,31,32). The minimum absolute atomic E-state index is 0.0193. The van der Waals surface area contributed by atoms with E-state index in [0.29, 0.717) is 63.2 Å². The number of amides is 2. The number of carbonyl (C=O) groups excluding carboxylic acids is 1. The van der Waals surface area contributed by atoms with Gasteiger partial charge in [-0.2, -0.15) is 18.3 Å². The number of nitrogens with zero attached hydrogens (tertiary/aromatic N) is 5. The number of benzene rings is 2. The van der Waals surface area contributed by atoms with Gasteiger partial charge in [-0.1, -0.05) is 11.6 Å². The molecular formula is C24H20ClF4N7O. The van der Waals surface area contributed by atoms with Crippen LogP contribution in [0.1, 0.15) is 31.0 Å². The van der Waals surface area contributed by atoms with Gasteiger partial charge in [0.15, 0.2) is 5.65 Å². The van der Waals surface area contributed by atoms with Crippen LogP contribution in [0.4, 0.5) is 39.5 Å². The van der Waals surface area contributed by atoms with E-state index in [0.717, 1.165) is 0 Å². The maximum atomic E-state index is 14.2. The van der Waals surface area contributed by atoms with Crippen molar-refractivity contribution in [1.29, 1.82) is 0 Å². The molecule has 1 aliphatic rings. The third-order valence-electron chi connectivity index (χ3n) is 6.14. The minimum atomic E-state index is -4.68. The van der Waals surface area contributed by atoms with Crippen molar-refractivity contribution in [2.24, 2.45) is 0 Å². The molecule has 0 spiro atoms. The van der Waals surface area contributed by atoms with Crippen molar-refractivity contribution >= 4 is 45.9 Å². The second kappa shape index (κ2) is 8.87. The molecular weight excluding hydrogens is 514 g/mol. The lowest BCUT2D eigenvalue weighted by atomic mass is 10.0.